The summed E-state index contributed by atoms with van der Waals surface area (Å²) in [7, 11) is 1.27. The first kappa shape index (κ1) is 26.4. The van der Waals surface area contributed by atoms with Crippen LogP contribution in [0.1, 0.15) is 51.7 Å². The first-order valence-corrected chi connectivity index (χ1v) is 11.5. The number of hydrogen-bond donors (Lipinski definition) is 1. The van der Waals surface area contributed by atoms with Gasteiger partial charge in [-0.1, -0.05) is 13.8 Å². The molecule has 1 fully saturated rings. The maximum atomic E-state index is 13.7. The number of esters is 1. The molecule has 1 aliphatic rings. The van der Waals surface area contributed by atoms with Crippen LogP contribution in [-0.2, 0) is 14.3 Å². The number of aromatic amines is 1. The predicted octanol–water partition coefficient (Wildman–Crippen LogP) is 3.74. The number of imidazole rings is 1. The minimum atomic E-state index is -1.07. The Balaban J connectivity index is 1.95. The van der Waals surface area contributed by atoms with E-state index in [1.54, 1.807) is 25.7 Å². The molecule has 2 unspecified atom stereocenters. The quantitative estimate of drug-likeness (QED) is 0.635. The summed E-state index contributed by atoms with van der Waals surface area (Å²) in [6.07, 6.45) is -0.323. The van der Waals surface area contributed by atoms with Gasteiger partial charge >= 0.3 is 12.1 Å². The summed E-state index contributed by atoms with van der Waals surface area (Å²) in [5.74, 6) is -3.82. The number of aromatic nitrogens is 2. The molecular formula is C24H32F2N4O5. The second-order valence-corrected chi connectivity index (χ2v) is 10.2. The number of H-pyrrole nitrogens is 1. The number of carbonyl (C=O) groups excluding carboxylic acids is 3. The molecule has 0 spiro atoms. The first-order valence-electron chi connectivity index (χ1n) is 11.5. The largest absolute Gasteiger partial charge is 0.469 e. The molecule has 1 aromatic heterocycles. The Labute approximate surface area is 202 Å². The Morgan fingerprint density at radius 2 is 1.86 bits per heavy atom. The van der Waals surface area contributed by atoms with Crippen molar-refractivity contribution < 1.29 is 32.6 Å². The second kappa shape index (κ2) is 10.2. The number of fused-ring (bicyclic) bond motifs is 1. The summed E-state index contributed by atoms with van der Waals surface area (Å²) in [6, 6.07) is 1.32. The van der Waals surface area contributed by atoms with Crippen LogP contribution in [0.15, 0.2) is 12.1 Å². The van der Waals surface area contributed by atoms with Crippen LogP contribution in [0.3, 0.4) is 0 Å². The zero-order valence-electron chi connectivity index (χ0n) is 20.9. The third-order valence-electron chi connectivity index (χ3n) is 5.60. The number of nitrogens with zero attached hydrogens (tertiary/aromatic N) is 3. The Bertz CT molecular complexity index is 1070. The number of benzene rings is 1. The number of methoxy groups -OCH3 is 1. The average Bonchev–Trinajstić information content (AvgIpc) is 3.17. The molecule has 1 N–H and O–H groups in total. The van der Waals surface area contributed by atoms with Crippen molar-refractivity contribution in [3.63, 3.8) is 0 Å². The second-order valence-electron chi connectivity index (χ2n) is 10.2. The summed E-state index contributed by atoms with van der Waals surface area (Å²) in [5.41, 5.74) is -0.441. The van der Waals surface area contributed by atoms with Gasteiger partial charge in [-0.3, -0.25) is 9.59 Å². The fourth-order valence-electron chi connectivity index (χ4n) is 4.14. The van der Waals surface area contributed by atoms with Crippen LogP contribution < -0.4 is 0 Å². The fraction of sp³-hybridized carbons (Fsp3) is 0.583. The van der Waals surface area contributed by atoms with E-state index in [1.807, 2.05) is 13.8 Å². The van der Waals surface area contributed by atoms with Gasteiger partial charge in [-0.15, -0.1) is 0 Å². The van der Waals surface area contributed by atoms with E-state index in [0.29, 0.717) is 6.54 Å². The van der Waals surface area contributed by atoms with Crippen molar-refractivity contribution in [1.82, 2.24) is 19.8 Å². The lowest BCUT2D eigenvalue weighted by molar-refractivity contribution is -0.148. The lowest BCUT2D eigenvalue weighted by atomic mass is 9.92. The highest BCUT2D eigenvalue weighted by molar-refractivity contribution is 5.94. The van der Waals surface area contributed by atoms with Crippen LogP contribution in [0, 0.1) is 23.5 Å². The standard InChI is InChI=1S/C24H32F2N4O5/c1-13(2)10-30(21(31)20-27-18-8-16(25)17(26)9-19(18)28-20)15-7-14(22(32)34-6)11-29(12-15)23(33)35-24(3,4)5/h8-9,13-15H,7,10-12H2,1-6H3,(H,27,28). The minimum Gasteiger partial charge on any atom is -0.469 e. The van der Waals surface area contributed by atoms with Gasteiger partial charge in [0.25, 0.3) is 5.91 Å². The number of hydrogen-bond acceptors (Lipinski definition) is 6. The average molecular weight is 495 g/mol. The minimum absolute atomic E-state index is 0.0479. The van der Waals surface area contributed by atoms with Crippen molar-refractivity contribution in [1.29, 1.82) is 0 Å². The number of rotatable bonds is 5. The zero-order valence-corrected chi connectivity index (χ0v) is 20.9. The van der Waals surface area contributed by atoms with E-state index >= 15 is 0 Å². The van der Waals surface area contributed by atoms with Crippen molar-refractivity contribution in [2.75, 3.05) is 26.7 Å². The molecule has 192 valence electrons. The van der Waals surface area contributed by atoms with E-state index in [-0.39, 0.29) is 42.3 Å². The van der Waals surface area contributed by atoms with Gasteiger partial charge in [-0.2, -0.15) is 0 Å². The van der Waals surface area contributed by atoms with Crippen LogP contribution in [0.4, 0.5) is 13.6 Å². The predicted molar refractivity (Wildman–Crippen MR) is 124 cm³/mol. The van der Waals surface area contributed by atoms with Gasteiger partial charge in [0.1, 0.15) is 5.60 Å². The highest BCUT2D eigenvalue weighted by Gasteiger charge is 2.40. The van der Waals surface area contributed by atoms with Crippen LogP contribution in [0.2, 0.25) is 0 Å². The summed E-state index contributed by atoms with van der Waals surface area (Å²) in [4.78, 5) is 48.7. The molecule has 2 atom stereocenters. The van der Waals surface area contributed by atoms with Gasteiger partial charge in [-0.25, -0.2) is 18.6 Å². The van der Waals surface area contributed by atoms with E-state index in [1.165, 1.54) is 12.0 Å². The van der Waals surface area contributed by atoms with Crippen molar-refractivity contribution in [3.05, 3.63) is 29.6 Å². The highest BCUT2D eigenvalue weighted by atomic mass is 19.2. The Kier molecular flexibility index (Phi) is 7.66. The van der Waals surface area contributed by atoms with Gasteiger partial charge in [0.2, 0.25) is 0 Å². The van der Waals surface area contributed by atoms with Crippen molar-refractivity contribution in [2.24, 2.45) is 11.8 Å². The Morgan fingerprint density at radius 1 is 1.20 bits per heavy atom. The number of likely N-dealkylation sites (tertiary alicyclic amines) is 1. The van der Waals surface area contributed by atoms with Gasteiger partial charge in [0.15, 0.2) is 17.5 Å². The Morgan fingerprint density at radius 3 is 2.46 bits per heavy atom. The molecule has 2 heterocycles. The molecule has 0 radical (unpaired) electrons. The molecule has 11 heteroatoms. The smallest absolute Gasteiger partial charge is 0.410 e. The number of carbonyl (C=O) groups is 3. The van der Waals surface area contributed by atoms with Gasteiger partial charge in [0.05, 0.1) is 30.1 Å². The maximum Gasteiger partial charge on any atom is 0.410 e. The van der Waals surface area contributed by atoms with E-state index in [2.05, 4.69) is 9.97 Å². The molecule has 1 saturated heterocycles. The van der Waals surface area contributed by atoms with E-state index in [9.17, 15) is 23.2 Å². The summed E-state index contributed by atoms with van der Waals surface area (Å²) in [5, 5.41) is 0. The molecule has 0 saturated carbocycles. The van der Waals surface area contributed by atoms with Gasteiger partial charge in [0, 0.05) is 31.8 Å². The molecule has 1 aliphatic heterocycles. The van der Waals surface area contributed by atoms with Crippen LogP contribution in [-0.4, -0.2) is 76.1 Å². The molecule has 1 aromatic carbocycles. The molecule has 35 heavy (non-hydrogen) atoms. The molecule has 2 amide bonds. The zero-order chi connectivity index (χ0) is 26.1. The molecular weight excluding hydrogens is 462 g/mol. The topological polar surface area (TPSA) is 105 Å². The third-order valence-corrected chi connectivity index (χ3v) is 5.60. The fourth-order valence-corrected chi connectivity index (χ4v) is 4.14. The lowest BCUT2D eigenvalue weighted by Gasteiger charge is -2.42. The summed E-state index contributed by atoms with van der Waals surface area (Å²) < 4.78 is 37.7. The molecule has 0 bridgehead atoms. The molecule has 9 nitrogen and oxygen atoms in total. The number of piperidine rings is 1. The van der Waals surface area contributed by atoms with Crippen LogP contribution in [0.25, 0.3) is 11.0 Å². The number of halogens is 2. The maximum absolute atomic E-state index is 13.7. The molecule has 0 aliphatic carbocycles. The number of amides is 2. The van der Waals surface area contributed by atoms with Crippen molar-refractivity contribution in [2.45, 2.75) is 52.7 Å². The van der Waals surface area contributed by atoms with E-state index < -0.39 is 47.2 Å². The van der Waals surface area contributed by atoms with Crippen molar-refractivity contribution in [3.8, 4) is 0 Å². The van der Waals surface area contributed by atoms with Crippen molar-refractivity contribution >= 4 is 29.0 Å². The SMILES string of the molecule is COC(=O)C1CC(N(CC(C)C)C(=O)c2nc3cc(F)c(F)cc3[nH]2)CN(C(=O)OC(C)(C)C)C1. The monoisotopic (exact) mass is 494 g/mol. The Hall–Kier alpha value is -3.24. The van der Waals surface area contributed by atoms with E-state index in [0.717, 1.165) is 12.1 Å². The van der Waals surface area contributed by atoms with Gasteiger partial charge < -0.3 is 24.3 Å². The molecule has 3 rings (SSSR count). The third kappa shape index (κ3) is 6.26. The summed E-state index contributed by atoms with van der Waals surface area (Å²) >= 11 is 0. The van der Waals surface area contributed by atoms with Crippen LogP contribution in [0.5, 0.6) is 0 Å². The number of nitrogens with one attached hydrogen (secondary N) is 1. The number of ether oxygens (including phenoxy) is 2. The lowest BCUT2D eigenvalue weighted by Crippen LogP contribution is -2.57. The van der Waals surface area contributed by atoms with Crippen LogP contribution >= 0.6 is 0 Å². The highest BCUT2D eigenvalue weighted by Crippen LogP contribution is 2.26. The summed E-state index contributed by atoms with van der Waals surface area (Å²) in [6.45, 7) is 9.63. The normalized spacial score (nSPS) is 18.6. The molecule has 2 aromatic rings. The van der Waals surface area contributed by atoms with E-state index in [4.69, 9.17) is 9.47 Å². The van der Waals surface area contributed by atoms with Gasteiger partial charge in [-0.05, 0) is 33.1 Å². The first-order chi connectivity index (χ1) is 16.3.